The van der Waals surface area contributed by atoms with Crippen LogP contribution in [0.15, 0.2) is 54.9 Å². The Morgan fingerprint density at radius 3 is 2.64 bits per heavy atom. The fraction of sp³-hybridized carbons (Fsp3) is 0.235. The summed E-state index contributed by atoms with van der Waals surface area (Å²) in [5, 5.41) is 19.1. The van der Waals surface area contributed by atoms with Crippen molar-refractivity contribution in [1.82, 2.24) is 9.88 Å². The number of nitriles is 1. The van der Waals surface area contributed by atoms with Crippen molar-refractivity contribution in [3.05, 3.63) is 66.0 Å². The van der Waals surface area contributed by atoms with Gasteiger partial charge in [-0.1, -0.05) is 30.3 Å². The topological polar surface area (TPSA) is 77.2 Å². The summed E-state index contributed by atoms with van der Waals surface area (Å²) in [5.74, 6) is -0.442. The van der Waals surface area contributed by atoms with Crippen molar-refractivity contribution in [1.29, 1.82) is 5.26 Å². The number of nitrogens with zero attached hydrogens (tertiary/aromatic N) is 3. The first kappa shape index (κ1) is 14.2. The number of rotatable bonds is 3. The van der Waals surface area contributed by atoms with Crippen LogP contribution in [0.1, 0.15) is 21.8 Å². The summed E-state index contributed by atoms with van der Waals surface area (Å²) in [5.41, 5.74) is 1.39. The Kier molecular flexibility index (Phi) is 3.86. The van der Waals surface area contributed by atoms with E-state index in [1.807, 2.05) is 30.3 Å². The van der Waals surface area contributed by atoms with Crippen LogP contribution in [0.2, 0.25) is 0 Å². The van der Waals surface area contributed by atoms with Crippen molar-refractivity contribution in [2.24, 2.45) is 0 Å². The minimum Gasteiger partial charge on any atom is -0.394 e. The Balaban J connectivity index is 1.90. The summed E-state index contributed by atoms with van der Waals surface area (Å²) in [7, 11) is 0. The molecule has 2 heterocycles. The Morgan fingerprint density at radius 2 is 2.05 bits per heavy atom. The van der Waals surface area contributed by atoms with E-state index in [2.05, 4.69) is 11.1 Å². The molecule has 0 radical (unpaired) electrons. The number of likely N-dealkylation sites (tertiary alicyclic amines) is 1. The van der Waals surface area contributed by atoms with E-state index in [1.165, 1.54) is 11.1 Å². The zero-order valence-corrected chi connectivity index (χ0v) is 11.8. The maximum Gasteiger partial charge on any atom is 0.256 e. The molecular formula is C17H15N3O2. The predicted octanol–water partition coefficient (Wildman–Crippen LogP) is 1.57. The first-order valence-corrected chi connectivity index (χ1v) is 7.06. The number of benzene rings is 1. The lowest BCUT2D eigenvalue weighted by molar-refractivity contribution is -0.00588. The van der Waals surface area contributed by atoms with E-state index in [1.54, 1.807) is 18.3 Å². The van der Waals surface area contributed by atoms with Crippen molar-refractivity contribution in [2.45, 2.75) is 18.0 Å². The molecular weight excluding hydrogens is 278 g/mol. The van der Waals surface area contributed by atoms with E-state index < -0.39 is 6.04 Å². The highest BCUT2D eigenvalue weighted by Gasteiger charge is 2.51. The number of amides is 1. The largest absolute Gasteiger partial charge is 0.394 e. The van der Waals surface area contributed by atoms with Crippen molar-refractivity contribution < 1.29 is 9.90 Å². The van der Waals surface area contributed by atoms with Crippen LogP contribution in [0.5, 0.6) is 0 Å². The van der Waals surface area contributed by atoms with E-state index in [4.69, 9.17) is 0 Å². The highest BCUT2D eigenvalue weighted by atomic mass is 16.3. The van der Waals surface area contributed by atoms with E-state index in [-0.39, 0.29) is 24.5 Å². The number of carbonyl (C=O) groups excluding carboxylic acids is 1. The molecule has 1 aliphatic heterocycles. The lowest BCUT2D eigenvalue weighted by Crippen LogP contribution is -2.65. The molecule has 5 nitrogen and oxygen atoms in total. The number of aliphatic hydroxyl groups excluding tert-OH is 1. The van der Waals surface area contributed by atoms with Crippen LogP contribution in [-0.4, -0.2) is 39.6 Å². The number of pyridine rings is 1. The molecule has 2 aromatic rings. The molecule has 0 saturated carbocycles. The quantitative estimate of drug-likeness (QED) is 0.932. The monoisotopic (exact) mass is 293 g/mol. The highest BCUT2D eigenvalue weighted by molar-refractivity contribution is 5.95. The van der Waals surface area contributed by atoms with Gasteiger partial charge in [-0.3, -0.25) is 9.78 Å². The van der Waals surface area contributed by atoms with Gasteiger partial charge in [0.15, 0.2) is 0 Å². The van der Waals surface area contributed by atoms with Gasteiger partial charge in [-0.05, 0) is 17.7 Å². The minimum atomic E-state index is -0.577. The van der Waals surface area contributed by atoms with Gasteiger partial charge in [-0.2, -0.15) is 5.26 Å². The molecule has 3 atom stereocenters. The molecule has 0 unspecified atom stereocenters. The third-order valence-corrected chi connectivity index (χ3v) is 4.06. The lowest BCUT2D eigenvalue weighted by Gasteiger charge is -2.51. The molecule has 0 spiro atoms. The summed E-state index contributed by atoms with van der Waals surface area (Å²) in [4.78, 5) is 18.0. The van der Waals surface area contributed by atoms with Crippen LogP contribution < -0.4 is 0 Å². The maximum atomic E-state index is 12.6. The van der Waals surface area contributed by atoms with Gasteiger partial charge >= 0.3 is 0 Å². The fourth-order valence-corrected chi connectivity index (χ4v) is 3.00. The van der Waals surface area contributed by atoms with Crippen LogP contribution in [0.4, 0.5) is 0 Å². The van der Waals surface area contributed by atoms with Gasteiger partial charge in [0, 0.05) is 18.3 Å². The molecule has 22 heavy (non-hydrogen) atoms. The molecule has 0 bridgehead atoms. The molecule has 3 rings (SSSR count). The minimum absolute atomic E-state index is 0.170. The summed E-state index contributed by atoms with van der Waals surface area (Å²) < 4.78 is 0. The lowest BCUT2D eigenvalue weighted by atomic mass is 9.75. The number of aromatic nitrogens is 1. The van der Waals surface area contributed by atoms with Gasteiger partial charge in [-0.25, -0.2) is 0 Å². The Hall–Kier alpha value is -2.71. The van der Waals surface area contributed by atoms with E-state index in [0.29, 0.717) is 5.56 Å². The van der Waals surface area contributed by atoms with Crippen LogP contribution in [0.3, 0.4) is 0 Å². The second kappa shape index (κ2) is 5.96. The number of carbonyl (C=O) groups is 1. The summed E-state index contributed by atoms with van der Waals surface area (Å²) in [6.45, 7) is -0.177. The van der Waals surface area contributed by atoms with E-state index in [0.717, 1.165) is 5.56 Å². The Bertz CT molecular complexity index is 697. The van der Waals surface area contributed by atoms with Crippen molar-refractivity contribution in [3.8, 4) is 6.07 Å². The molecule has 1 aromatic heterocycles. The molecule has 0 aliphatic carbocycles. The first-order chi connectivity index (χ1) is 10.8. The smallest absolute Gasteiger partial charge is 0.256 e. The highest BCUT2D eigenvalue weighted by Crippen LogP contribution is 2.41. The van der Waals surface area contributed by atoms with Gasteiger partial charge in [-0.15, -0.1) is 0 Å². The third-order valence-electron chi connectivity index (χ3n) is 4.06. The van der Waals surface area contributed by atoms with Crippen molar-refractivity contribution >= 4 is 5.91 Å². The maximum absolute atomic E-state index is 12.6. The van der Waals surface area contributed by atoms with Crippen molar-refractivity contribution in [3.63, 3.8) is 0 Å². The Morgan fingerprint density at radius 1 is 1.27 bits per heavy atom. The average Bonchev–Trinajstić information content (AvgIpc) is 2.56. The van der Waals surface area contributed by atoms with Gasteiger partial charge < -0.3 is 10.0 Å². The fourth-order valence-electron chi connectivity index (χ4n) is 3.00. The Labute approximate surface area is 128 Å². The molecule has 110 valence electrons. The number of hydrogen-bond donors (Lipinski definition) is 1. The predicted molar refractivity (Wildman–Crippen MR) is 79.9 cm³/mol. The van der Waals surface area contributed by atoms with Crippen LogP contribution in [0, 0.1) is 11.3 Å². The standard InChI is InChI=1S/C17H15N3O2/c18-9-14-16(12-5-2-1-3-6-12)15(11-21)20(14)17(22)13-7-4-8-19-10-13/h1-8,10,14-16,21H,11H2/t14-,15-,16-/m0/s1. The third kappa shape index (κ3) is 2.24. The molecule has 1 aliphatic rings. The second-order valence-electron chi connectivity index (χ2n) is 5.21. The summed E-state index contributed by atoms with van der Waals surface area (Å²) in [6.07, 6.45) is 3.06. The van der Waals surface area contributed by atoms with Crippen molar-refractivity contribution in [2.75, 3.05) is 6.61 Å². The number of aliphatic hydroxyl groups is 1. The van der Waals surface area contributed by atoms with Crippen LogP contribution in [-0.2, 0) is 0 Å². The first-order valence-electron chi connectivity index (χ1n) is 7.06. The summed E-state index contributed by atoms with van der Waals surface area (Å²) >= 11 is 0. The molecule has 5 heteroatoms. The SMILES string of the molecule is N#C[C@H]1[C@H](c2ccccc2)[C@H](CO)N1C(=O)c1cccnc1. The summed E-state index contributed by atoms with van der Waals surface area (Å²) in [6, 6.07) is 14.1. The van der Waals surface area contributed by atoms with Gasteiger partial charge in [0.05, 0.1) is 24.3 Å². The van der Waals surface area contributed by atoms with Crippen LogP contribution in [0.25, 0.3) is 0 Å². The molecule has 1 saturated heterocycles. The van der Waals surface area contributed by atoms with Gasteiger partial charge in [0.1, 0.15) is 6.04 Å². The normalized spacial score (nSPS) is 23.5. The number of hydrogen-bond acceptors (Lipinski definition) is 4. The van der Waals surface area contributed by atoms with E-state index >= 15 is 0 Å². The second-order valence-corrected chi connectivity index (χ2v) is 5.21. The molecule has 1 amide bonds. The molecule has 1 N–H and O–H groups in total. The van der Waals surface area contributed by atoms with Gasteiger partial charge in [0.25, 0.3) is 5.91 Å². The van der Waals surface area contributed by atoms with Crippen LogP contribution >= 0.6 is 0 Å². The zero-order chi connectivity index (χ0) is 15.5. The molecule has 1 aromatic carbocycles. The zero-order valence-electron chi connectivity index (χ0n) is 11.8. The average molecular weight is 293 g/mol. The van der Waals surface area contributed by atoms with Gasteiger partial charge in [0.2, 0.25) is 0 Å². The van der Waals surface area contributed by atoms with E-state index in [9.17, 15) is 15.2 Å². The molecule has 1 fully saturated rings.